The molecule has 0 aliphatic heterocycles. The number of aliphatic hydroxyl groups is 4. The number of carbonyl (C=O) groups is 1. The van der Waals surface area contributed by atoms with Crippen LogP contribution < -0.4 is 0 Å². The molecule has 5 heteroatoms. The van der Waals surface area contributed by atoms with Crippen LogP contribution in [-0.2, 0) is 4.79 Å². The molecule has 72 valence electrons. The third-order valence-corrected chi connectivity index (χ3v) is 1.91. The molecule has 0 aliphatic rings. The molecule has 0 aliphatic carbocycles. The van der Waals surface area contributed by atoms with E-state index in [0.717, 1.165) is 6.92 Å². The zero-order valence-corrected chi connectivity index (χ0v) is 7.01. The highest BCUT2D eigenvalue weighted by Gasteiger charge is 2.39. The number of aldehydes is 1. The van der Waals surface area contributed by atoms with Gasteiger partial charge in [0.05, 0.1) is 6.10 Å². The molecule has 0 saturated carbocycles. The van der Waals surface area contributed by atoms with Crippen LogP contribution in [0.15, 0.2) is 0 Å². The van der Waals surface area contributed by atoms with E-state index in [-0.39, 0.29) is 6.29 Å². The number of hydrogen-bond acceptors (Lipinski definition) is 5. The molecular formula is C7H14O5. The minimum absolute atomic E-state index is 0.0987. The van der Waals surface area contributed by atoms with Crippen LogP contribution in [0.25, 0.3) is 0 Å². The highest BCUT2D eigenvalue weighted by Crippen LogP contribution is 2.16. The molecule has 0 saturated heterocycles. The van der Waals surface area contributed by atoms with Crippen LogP contribution >= 0.6 is 0 Å². The molecule has 0 amide bonds. The topological polar surface area (TPSA) is 98.0 Å². The lowest BCUT2D eigenvalue weighted by Crippen LogP contribution is -2.54. The second-order valence-electron chi connectivity index (χ2n) is 2.97. The van der Waals surface area contributed by atoms with Crippen molar-refractivity contribution in [1.82, 2.24) is 0 Å². The van der Waals surface area contributed by atoms with Crippen molar-refractivity contribution < 1.29 is 25.2 Å². The van der Waals surface area contributed by atoms with E-state index in [1.54, 1.807) is 0 Å². The summed E-state index contributed by atoms with van der Waals surface area (Å²) >= 11 is 0. The molecule has 0 fully saturated rings. The van der Waals surface area contributed by atoms with E-state index in [4.69, 9.17) is 15.3 Å². The average molecular weight is 178 g/mol. The molecule has 0 radical (unpaired) electrons. The molecule has 4 atom stereocenters. The first-order chi connectivity index (χ1) is 5.34. The standard InChI is InChI=1S/C7H14O5/c1-4(9)7(2,12)6(11)5(10)3-8/h3-6,9-12H,1-2H3/t4-,5-,6+,7-/m1/s1. The van der Waals surface area contributed by atoms with Gasteiger partial charge in [-0.1, -0.05) is 0 Å². The summed E-state index contributed by atoms with van der Waals surface area (Å²) in [6, 6.07) is 0. The summed E-state index contributed by atoms with van der Waals surface area (Å²) in [6.45, 7) is 2.38. The third-order valence-electron chi connectivity index (χ3n) is 1.91. The summed E-state index contributed by atoms with van der Waals surface area (Å²) in [6.07, 6.45) is -4.51. The Morgan fingerprint density at radius 2 is 1.75 bits per heavy atom. The van der Waals surface area contributed by atoms with E-state index < -0.39 is 23.9 Å². The van der Waals surface area contributed by atoms with Gasteiger partial charge in [-0.25, -0.2) is 0 Å². The monoisotopic (exact) mass is 178 g/mol. The normalized spacial score (nSPS) is 23.8. The van der Waals surface area contributed by atoms with Gasteiger partial charge in [0.15, 0.2) is 6.29 Å². The van der Waals surface area contributed by atoms with Crippen molar-refractivity contribution in [2.45, 2.75) is 37.8 Å². The summed E-state index contributed by atoms with van der Waals surface area (Å²) in [7, 11) is 0. The maximum absolute atomic E-state index is 10.0. The lowest BCUT2D eigenvalue weighted by molar-refractivity contribution is -0.164. The predicted octanol–water partition coefficient (Wildman–Crippen LogP) is -1.96. The number of rotatable bonds is 4. The highest BCUT2D eigenvalue weighted by atomic mass is 16.4. The van der Waals surface area contributed by atoms with Crippen molar-refractivity contribution in [3.63, 3.8) is 0 Å². The summed E-state index contributed by atoms with van der Waals surface area (Å²) in [4.78, 5) is 10.0. The Bertz CT molecular complexity index is 154. The van der Waals surface area contributed by atoms with Gasteiger partial charge in [0.2, 0.25) is 0 Å². The first-order valence-electron chi connectivity index (χ1n) is 3.56. The molecule has 0 bridgehead atoms. The predicted molar refractivity (Wildman–Crippen MR) is 40.4 cm³/mol. The van der Waals surface area contributed by atoms with Crippen LogP contribution in [-0.4, -0.2) is 50.6 Å². The summed E-state index contributed by atoms with van der Waals surface area (Å²) in [5, 5.41) is 36.2. The van der Waals surface area contributed by atoms with E-state index in [2.05, 4.69) is 0 Å². The molecular weight excluding hydrogens is 164 g/mol. The minimum Gasteiger partial charge on any atom is -0.390 e. The van der Waals surface area contributed by atoms with Gasteiger partial charge in [-0.15, -0.1) is 0 Å². The van der Waals surface area contributed by atoms with E-state index in [1.807, 2.05) is 0 Å². The van der Waals surface area contributed by atoms with Crippen LogP contribution in [0, 0.1) is 0 Å². The van der Waals surface area contributed by atoms with Gasteiger partial charge in [-0.2, -0.15) is 0 Å². The lowest BCUT2D eigenvalue weighted by atomic mass is 9.90. The maximum Gasteiger partial charge on any atom is 0.151 e. The molecule has 5 nitrogen and oxygen atoms in total. The van der Waals surface area contributed by atoms with Gasteiger partial charge >= 0.3 is 0 Å². The van der Waals surface area contributed by atoms with Crippen LogP contribution in [0.5, 0.6) is 0 Å². The summed E-state index contributed by atoms with van der Waals surface area (Å²) < 4.78 is 0. The van der Waals surface area contributed by atoms with Crippen LogP contribution in [0.1, 0.15) is 13.8 Å². The molecule has 0 aromatic heterocycles. The van der Waals surface area contributed by atoms with E-state index >= 15 is 0 Å². The largest absolute Gasteiger partial charge is 0.390 e. The Morgan fingerprint density at radius 3 is 2.00 bits per heavy atom. The third kappa shape index (κ3) is 2.25. The maximum atomic E-state index is 10.0. The van der Waals surface area contributed by atoms with E-state index in [0.29, 0.717) is 0 Å². The van der Waals surface area contributed by atoms with Crippen molar-refractivity contribution in [3.05, 3.63) is 0 Å². The molecule has 0 spiro atoms. The molecule has 4 N–H and O–H groups in total. The number of carbonyl (C=O) groups excluding carboxylic acids is 1. The lowest BCUT2D eigenvalue weighted by Gasteiger charge is -2.32. The second-order valence-corrected chi connectivity index (χ2v) is 2.97. The first kappa shape index (κ1) is 11.5. The van der Waals surface area contributed by atoms with Gasteiger partial charge in [0.25, 0.3) is 0 Å². The van der Waals surface area contributed by atoms with E-state index in [1.165, 1.54) is 6.92 Å². The molecule has 12 heavy (non-hydrogen) atoms. The second kappa shape index (κ2) is 3.95. The molecule has 0 heterocycles. The molecule has 0 aromatic carbocycles. The van der Waals surface area contributed by atoms with Crippen LogP contribution in [0.4, 0.5) is 0 Å². The van der Waals surface area contributed by atoms with Gasteiger partial charge in [-0.3, -0.25) is 0 Å². The Kier molecular flexibility index (Phi) is 3.79. The zero-order chi connectivity index (χ0) is 9.94. The van der Waals surface area contributed by atoms with Crippen molar-refractivity contribution in [2.24, 2.45) is 0 Å². The van der Waals surface area contributed by atoms with Gasteiger partial charge in [0.1, 0.15) is 17.8 Å². The molecule has 0 rings (SSSR count). The van der Waals surface area contributed by atoms with E-state index in [9.17, 15) is 9.90 Å². The van der Waals surface area contributed by atoms with Crippen molar-refractivity contribution >= 4 is 6.29 Å². The highest BCUT2D eigenvalue weighted by molar-refractivity contribution is 5.57. The fourth-order valence-corrected chi connectivity index (χ4v) is 0.667. The zero-order valence-electron chi connectivity index (χ0n) is 7.01. The average Bonchev–Trinajstić information content (AvgIpc) is 2.01. The Morgan fingerprint density at radius 1 is 1.33 bits per heavy atom. The fourth-order valence-electron chi connectivity index (χ4n) is 0.667. The smallest absolute Gasteiger partial charge is 0.151 e. The van der Waals surface area contributed by atoms with Gasteiger partial charge in [-0.05, 0) is 13.8 Å². The minimum atomic E-state index is -1.89. The number of hydrogen-bond donors (Lipinski definition) is 4. The van der Waals surface area contributed by atoms with Crippen LogP contribution in [0.3, 0.4) is 0 Å². The van der Waals surface area contributed by atoms with Gasteiger partial charge in [0, 0.05) is 0 Å². The number of aliphatic hydroxyl groups excluding tert-OH is 3. The first-order valence-corrected chi connectivity index (χ1v) is 3.56. The van der Waals surface area contributed by atoms with Crippen molar-refractivity contribution in [2.75, 3.05) is 0 Å². The Labute approximate surface area is 70.3 Å². The van der Waals surface area contributed by atoms with Crippen molar-refractivity contribution in [1.29, 1.82) is 0 Å². The Balaban J connectivity index is 4.44. The SMILES string of the molecule is C[C@@H](O)[C@@](C)(O)[C@@H](O)[C@H](O)C=O. The van der Waals surface area contributed by atoms with Crippen molar-refractivity contribution in [3.8, 4) is 0 Å². The van der Waals surface area contributed by atoms with Gasteiger partial charge < -0.3 is 25.2 Å². The van der Waals surface area contributed by atoms with Crippen LogP contribution in [0.2, 0.25) is 0 Å². The quantitative estimate of drug-likeness (QED) is 0.375. The molecule has 0 aromatic rings. The molecule has 0 unspecified atom stereocenters. The fraction of sp³-hybridized carbons (Fsp3) is 0.857. The summed E-state index contributed by atoms with van der Waals surface area (Å²) in [5.74, 6) is 0. The summed E-state index contributed by atoms with van der Waals surface area (Å²) in [5.41, 5.74) is -1.89. The Hall–Kier alpha value is -0.490.